The first-order chi connectivity index (χ1) is 13.9. The van der Waals surface area contributed by atoms with Gasteiger partial charge in [-0.25, -0.2) is 4.52 Å². The van der Waals surface area contributed by atoms with Crippen molar-refractivity contribution in [1.29, 1.82) is 0 Å². The molecule has 1 fully saturated rings. The Labute approximate surface area is 170 Å². The molecule has 0 saturated carbocycles. The average Bonchev–Trinajstić information content (AvgIpc) is 3.09. The van der Waals surface area contributed by atoms with Gasteiger partial charge >= 0.3 is 5.97 Å². The molecule has 1 atom stereocenters. The Kier molecular flexibility index (Phi) is 4.13. The highest BCUT2D eigenvalue weighted by Crippen LogP contribution is 2.36. The third-order valence-corrected chi connectivity index (χ3v) is 5.90. The van der Waals surface area contributed by atoms with Crippen molar-refractivity contribution >= 4 is 17.2 Å². The van der Waals surface area contributed by atoms with Gasteiger partial charge in [0.1, 0.15) is 11.7 Å². The van der Waals surface area contributed by atoms with Crippen LogP contribution in [0.4, 0.5) is 5.69 Å². The van der Waals surface area contributed by atoms with Gasteiger partial charge in [-0.3, -0.25) is 4.79 Å². The minimum Gasteiger partial charge on any atom is -0.426 e. The molecule has 5 rings (SSSR count). The van der Waals surface area contributed by atoms with Gasteiger partial charge in [0, 0.05) is 43.1 Å². The lowest BCUT2D eigenvalue weighted by atomic mass is 9.92. The molecule has 3 aromatic rings. The fourth-order valence-corrected chi connectivity index (χ4v) is 4.37. The number of pyridine rings is 1. The van der Waals surface area contributed by atoms with E-state index in [1.807, 2.05) is 28.9 Å². The number of hydrogen-bond acceptors (Lipinski definition) is 5. The van der Waals surface area contributed by atoms with E-state index in [2.05, 4.69) is 54.3 Å². The zero-order chi connectivity index (χ0) is 20.2. The van der Waals surface area contributed by atoms with Crippen LogP contribution in [0.5, 0.6) is 5.75 Å². The molecular formula is C23H26N4O2. The van der Waals surface area contributed by atoms with Crippen molar-refractivity contribution < 1.29 is 9.53 Å². The molecule has 6 nitrogen and oxygen atoms in total. The largest absolute Gasteiger partial charge is 0.426 e. The third kappa shape index (κ3) is 3.38. The Hall–Kier alpha value is -2.86. The Morgan fingerprint density at radius 2 is 2.07 bits per heavy atom. The van der Waals surface area contributed by atoms with Gasteiger partial charge < -0.3 is 15.0 Å². The standard InChI is InChI=1S/C23H26N4O2/c1-15-6-8-27-18(10-15)12-20(25-27)19-11-16-4-5-17(13-21(16)29-22(19)28)26-9-7-24-23(2,3)14-26/h4-6,8,10,12-13,19,24H,7,9,11,14H2,1-3H3. The lowest BCUT2D eigenvalue weighted by Gasteiger charge is -2.40. The van der Waals surface area contributed by atoms with E-state index >= 15 is 0 Å². The van der Waals surface area contributed by atoms with Crippen LogP contribution in [-0.2, 0) is 11.2 Å². The first-order valence-electron chi connectivity index (χ1n) is 10.2. The molecule has 1 unspecified atom stereocenters. The maximum absolute atomic E-state index is 12.8. The summed E-state index contributed by atoms with van der Waals surface area (Å²) < 4.78 is 7.59. The SMILES string of the molecule is Cc1ccn2nc(C3Cc4ccc(N5CCNC(C)(C)C5)cc4OC3=O)cc2c1. The molecule has 2 aromatic heterocycles. The van der Waals surface area contributed by atoms with Gasteiger partial charge in [0.25, 0.3) is 0 Å². The molecule has 2 aliphatic heterocycles. The number of ether oxygens (including phenoxy) is 1. The molecule has 6 heteroatoms. The van der Waals surface area contributed by atoms with Crippen molar-refractivity contribution in [2.45, 2.75) is 38.6 Å². The summed E-state index contributed by atoms with van der Waals surface area (Å²) in [5, 5.41) is 8.14. The monoisotopic (exact) mass is 390 g/mol. The van der Waals surface area contributed by atoms with Crippen LogP contribution in [0.1, 0.15) is 36.6 Å². The molecule has 0 radical (unpaired) electrons. The molecule has 1 N–H and O–H groups in total. The Morgan fingerprint density at radius 3 is 2.90 bits per heavy atom. The van der Waals surface area contributed by atoms with Gasteiger partial charge in [-0.1, -0.05) is 6.07 Å². The molecular weight excluding hydrogens is 364 g/mol. The van der Waals surface area contributed by atoms with Crippen LogP contribution in [0.2, 0.25) is 0 Å². The zero-order valence-corrected chi connectivity index (χ0v) is 17.1. The molecule has 150 valence electrons. The lowest BCUT2D eigenvalue weighted by molar-refractivity contribution is -0.137. The van der Waals surface area contributed by atoms with E-state index in [0.717, 1.165) is 42.1 Å². The van der Waals surface area contributed by atoms with Crippen LogP contribution in [-0.4, -0.2) is 40.8 Å². The van der Waals surface area contributed by atoms with Crippen molar-refractivity contribution in [1.82, 2.24) is 14.9 Å². The topological polar surface area (TPSA) is 58.9 Å². The van der Waals surface area contributed by atoms with Crippen molar-refractivity contribution in [3.05, 3.63) is 59.4 Å². The maximum Gasteiger partial charge on any atom is 0.320 e. The summed E-state index contributed by atoms with van der Waals surface area (Å²) in [7, 11) is 0. The number of hydrogen-bond donors (Lipinski definition) is 1. The predicted octanol–water partition coefficient (Wildman–Crippen LogP) is 3.08. The molecule has 29 heavy (non-hydrogen) atoms. The smallest absolute Gasteiger partial charge is 0.320 e. The van der Waals surface area contributed by atoms with Gasteiger partial charge in [-0.05, 0) is 62.6 Å². The highest BCUT2D eigenvalue weighted by atomic mass is 16.5. The number of fused-ring (bicyclic) bond motifs is 2. The maximum atomic E-state index is 12.8. The van der Waals surface area contributed by atoms with Crippen LogP contribution in [0, 0.1) is 6.92 Å². The summed E-state index contributed by atoms with van der Waals surface area (Å²) in [6, 6.07) is 12.3. The Morgan fingerprint density at radius 1 is 1.21 bits per heavy atom. The first-order valence-corrected chi connectivity index (χ1v) is 10.2. The fourth-order valence-electron chi connectivity index (χ4n) is 4.37. The predicted molar refractivity (Wildman–Crippen MR) is 113 cm³/mol. The number of nitrogens with one attached hydrogen (secondary N) is 1. The van der Waals surface area contributed by atoms with Crippen LogP contribution in [0.25, 0.3) is 5.52 Å². The Bertz CT molecular complexity index is 1100. The first kappa shape index (κ1) is 18.2. The van der Waals surface area contributed by atoms with Crippen molar-refractivity contribution in [3.8, 4) is 5.75 Å². The van der Waals surface area contributed by atoms with Crippen molar-refractivity contribution in [2.75, 3.05) is 24.5 Å². The van der Waals surface area contributed by atoms with E-state index in [0.29, 0.717) is 12.2 Å². The number of rotatable bonds is 2. The lowest BCUT2D eigenvalue weighted by Crippen LogP contribution is -2.57. The number of nitrogens with zero attached hydrogens (tertiary/aromatic N) is 3. The van der Waals surface area contributed by atoms with Crippen LogP contribution >= 0.6 is 0 Å². The fraction of sp³-hybridized carbons (Fsp3) is 0.391. The minimum atomic E-state index is -0.369. The number of carbonyl (C=O) groups is 1. The van der Waals surface area contributed by atoms with Crippen molar-refractivity contribution in [2.24, 2.45) is 0 Å². The van der Waals surface area contributed by atoms with E-state index < -0.39 is 0 Å². The molecule has 4 heterocycles. The van der Waals surface area contributed by atoms with Gasteiger partial charge in [0.2, 0.25) is 0 Å². The quantitative estimate of drug-likeness (QED) is 0.538. The van der Waals surface area contributed by atoms with Crippen LogP contribution in [0.3, 0.4) is 0 Å². The second-order valence-corrected chi connectivity index (χ2v) is 8.84. The molecule has 0 spiro atoms. The van der Waals surface area contributed by atoms with Gasteiger partial charge in [-0.2, -0.15) is 5.10 Å². The highest BCUT2D eigenvalue weighted by molar-refractivity contribution is 5.83. The molecule has 0 aliphatic carbocycles. The van der Waals surface area contributed by atoms with E-state index in [1.54, 1.807) is 0 Å². The number of anilines is 1. The summed E-state index contributed by atoms with van der Waals surface area (Å²) in [4.78, 5) is 15.1. The third-order valence-electron chi connectivity index (χ3n) is 5.90. The van der Waals surface area contributed by atoms with Crippen LogP contribution in [0.15, 0.2) is 42.6 Å². The zero-order valence-electron chi connectivity index (χ0n) is 17.1. The molecule has 0 amide bonds. The highest BCUT2D eigenvalue weighted by Gasteiger charge is 2.33. The number of piperazine rings is 1. The van der Waals surface area contributed by atoms with E-state index in [9.17, 15) is 4.79 Å². The van der Waals surface area contributed by atoms with Gasteiger partial charge in [0.05, 0.1) is 11.2 Å². The summed E-state index contributed by atoms with van der Waals surface area (Å²) in [5.74, 6) is 0.0850. The number of aryl methyl sites for hydroxylation is 1. The summed E-state index contributed by atoms with van der Waals surface area (Å²) >= 11 is 0. The summed E-state index contributed by atoms with van der Waals surface area (Å²) in [6.45, 7) is 9.27. The average molecular weight is 390 g/mol. The number of aromatic nitrogens is 2. The second kappa shape index (κ2) is 6.59. The Balaban J connectivity index is 1.42. The van der Waals surface area contributed by atoms with E-state index in [-0.39, 0.29) is 17.4 Å². The molecule has 1 saturated heterocycles. The summed E-state index contributed by atoms with van der Waals surface area (Å²) in [6.07, 6.45) is 2.54. The molecule has 0 bridgehead atoms. The van der Waals surface area contributed by atoms with Gasteiger partial charge in [0.15, 0.2) is 0 Å². The van der Waals surface area contributed by atoms with E-state index in [4.69, 9.17) is 4.74 Å². The number of carbonyl (C=O) groups excluding carboxylic acids is 1. The van der Waals surface area contributed by atoms with E-state index in [1.165, 1.54) is 5.56 Å². The molecule has 1 aromatic carbocycles. The second-order valence-electron chi connectivity index (χ2n) is 8.84. The van der Waals surface area contributed by atoms with Gasteiger partial charge in [-0.15, -0.1) is 0 Å². The number of benzene rings is 1. The normalized spacial score (nSPS) is 21.1. The minimum absolute atomic E-state index is 0.0669. The van der Waals surface area contributed by atoms with Crippen molar-refractivity contribution in [3.63, 3.8) is 0 Å². The summed E-state index contributed by atoms with van der Waals surface area (Å²) in [5.41, 5.74) is 5.16. The number of esters is 1. The molecule has 2 aliphatic rings. The van der Waals surface area contributed by atoms with Crippen LogP contribution < -0.4 is 15.0 Å².